The Morgan fingerprint density at radius 3 is 1.94 bits per heavy atom. The number of hydrogen-bond donors (Lipinski definition) is 0. The quantitative estimate of drug-likeness (QED) is 0.359. The van der Waals surface area contributed by atoms with Gasteiger partial charge in [-0.25, -0.2) is 0 Å². The van der Waals surface area contributed by atoms with Gasteiger partial charge in [-0.3, -0.25) is 0 Å². The van der Waals surface area contributed by atoms with E-state index in [2.05, 4.69) is 6.58 Å². The van der Waals surface area contributed by atoms with Crippen LogP contribution in [0.1, 0.15) is 19.8 Å². The molecule has 0 atom stereocenters. The molecule has 0 bridgehead atoms. The fourth-order valence-electron chi connectivity index (χ4n) is 1.06. The Morgan fingerprint density at radius 1 is 0.812 bits per heavy atom. The van der Waals surface area contributed by atoms with Gasteiger partial charge in [0.15, 0.2) is 0 Å². The Kier molecular flexibility index (Phi) is 13.9. The highest BCUT2D eigenvalue weighted by Gasteiger charge is 1.91. The van der Waals surface area contributed by atoms with Crippen molar-refractivity contribution < 1.29 is 18.9 Å². The minimum atomic E-state index is 0.642. The van der Waals surface area contributed by atoms with Gasteiger partial charge in [-0.1, -0.05) is 6.58 Å². The molecule has 0 aliphatic heterocycles. The summed E-state index contributed by atoms with van der Waals surface area (Å²) in [6.45, 7) is 10.4. The molecule has 0 aliphatic carbocycles. The van der Waals surface area contributed by atoms with E-state index in [-0.39, 0.29) is 0 Å². The molecule has 0 aromatic heterocycles. The van der Waals surface area contributed by atoms with Crippen LogP contribution in [0.15, 0.2) is 12.8 Å². The van der Waals surface area contributed by atoms with Gasteiger partial charge >= 0.3 is 0 Å². The van der Waals surface area contributed by atoms with Gasteiger partial charge in [0.05, 0.1) is 26.1 Å². The summed E-state index contributed by atoms with van der Waals surface area (Å²) in [6.07, 6.45) is 3.28. The summed E-state index contributed by atoms with van der Waals surface area (Å²) >= 11 is 0. The lowest BCUT2D eigenvalue weighted by Crippen LogP contribution is -2.08. The highest BCUT2D eigenvalue weighted by atomic mass is 16.5. The van der Waals surface area contributed by atoms with Crippen molar-refractivity contribution in [1.82, 2.24) is 0 Å². The molecule has 0 N–H and O–H groups in total. The third kappa shape index (κ3) is 13.4. The lowest BCUT2D eigenvalue weighted by molar-refractivity contribution is 0.0324. The molecule has 0 radical (unpaired) electrons. The van der Waals surface area contributed by atoms with E-state index in [1.54, 1.807) is 0 Å². The second kappa shape index (κ2) is 14.4. The first-order valence-electron chi connectivity index (χ1n) is 5.87. The molecule has 0 aromatic rings. The van der Waals surface area contributed by atoms with Crippen LogP contribution >= 0.6 is 0 Å². The molecule has 0 amide bonds. The third-order valence-electron chi connectivity index (χ3n) is 1.82. The third-order valence-corrected chi connectivity index (χ3v) is 1.82. The van der Waals surface area contributed by atoms with Gasteiger partial charge < -0.3 is 18.9 Å². The van der Waals surface area contributed by atoms with Gasteiger partial charge in [-0.05, 0) is 13.3 Å². The Balaban J connectivity index is 2.85. The fraction of sp³-hybridized carbons (Fsp3) is 0.833. The van der Waals surface area contributed by atoms with Crippen LogP contribution < -0.4 is 0 Å². The molecule has 4 heteroatoms. The van der Waals surface area contributed by atoms with E-state index in [0.29, 0.717) is 26.4 Å². The van der Waals surface area contributed by atoms with Crippen LogP contribution in [0.25, 0.3) is 0 Å². The van der Waals surface area contributed by atoms with Crippen LogP contribution in [-0.4, -0.2) is 46.2 Å². The zero-order chi connectivity index (χ0) is 11.9. The van der Waals surface area contributed by atoms with Crippen LogP contribution in [0.3, 0.4) is 0 Å². The van der Waals surface area contributed by atoms with Gasteiger partial charge in [-0.15, -0.1) is 0 Å². The predicted octanol–water partition coefficient (Wildman–Crippen LogP) is 2.00. The minimum absolute atomic E-state index is 0.642. The molecule has 0 aliphatic rings. The zero-order valence-corrected chi connectivity index (χ0v) is 10.3. The molecule has 0 unspecified atom stereocenters. The van der Waals surface area contributed by atoms with E-state index >= 15 is 0 Å². The molecule has 0 heterocycles. The number of ether oxygens (including phenoxy) is 4. The van der Waals surface area contributed by atoms with E-state index in [1.807, 2.05) is 6.92 Å². The van der Waals surface area contributed by atoms with Gasteiger partial charge in [-0.2, -0.15) is 0 Å². The summed E-state index contributed by atoms with van der Waals surface area (Å²) in [5.41, 5.74) is 0. The SMILES string of the molecule is C=COCCCOCCOCCCOCC. The molecule has 16 heavy (non-hydrogen) atoms. The van der Waals surface area contributed by atoms with Crippen molar-refractivity contribution in [2.75, 3.05) is 46.2 Å². The highest BCUT2D eigenvalue weighted by Crippen LogP contribution is 1.88. The summed E-state index contributed by atoms with van der Waals surface area (Å²) in [7, 11) is 0. The Morgan fingerprint density at radius 2 is 1.38 bits per heavy atom. The van der Waals surface area contributed by atoms with Crippen LogP contribution in [0.4, 0.5) is 0 Å². The van der Waals surface area contributed by atoms with Crippen molar-refractivity contribution in [1.29, 1.82) is 0 Å². The van der Waals surface area contributed by atoms with Crippen LogP contribution in [0.5, 0.6) is 0 Å². The van der Waals surface area contributed by atoms with Gasteiger partial charge in [0, 0.05) is 32.8 Å². The summed E-state index contributed by atoms with van der Waals surface area (Å²) in [5.74, 6) is 0. The lowest BCUT2D eigenvalue weighted by Gasteiger charge is -2.06. The maximum atomic E-state index is 5.36. The Labute approximate surface area is 98.5 Å². The van der Waals surface area contributed by atoms with Crippen molar-refractivity contribution >= 4 is 0 Å². The van der Waals surface area contributed by atoms with Crippen LogP contribution in [0, 0.1) is 0 Å². The molecule has 4 nitrogen and oxygen atoms in total. The van der Waals surface area contributed by atoms with Gasteiger partial charge in [0.2, 0.25) is 0 Å². The maximum Gasteiger partial charge on any atom is 0.0895 e. The highest BCUT2D eigenvalue weighted by molar-refractivity contribution is 4.48. The first-order chi connectivity index (χ1) is 7.91. The standard InChI is InChI=1S/C12H24O4/c1-3-13-7-5-9-15-11-12-16-10-6-8-14-4-2/h3H,1,4-12H2,2H3. The average Bonchev–Trinajstić information content (AvgIpc) is 2.31. The van der Waals surface area contributed by atoms with Crippen molar-refractivity contribution in [3.05, 3.63) is 12.8 Å². The normalized spacial score (nSPS) is 10.3. The first kappa shape index (κ1) is 15.4. The van der Waals surface area contributed by atoms with Gasteiger partial charge in [0.1, 0.15) is 0 Å². The van der Waals surface area contributed by atoms with E-state index in [4.69, 9.17) is 18.9 Å². The fourth-order valence-corrected chi connectivity index (χ4v) is 1.06. The molecule has 0 spiro atoms. The topological polar surface area (TPSA) is 36.9 Å². The predicted molar refractivity (Wildman–Crippen MR) is 63.5 cm³/mol. The second-order valence-electron chi connectivity index (χ2n) is 3.17. The minimum Gasteiger partial charge on any atom is -0.502 e. The lowest BCUT2D eigenvalue weighted by atomic mass is 10.5. The smallest absolute Gasteiger partial charge is 0.0895 e. The maximum absolute atomic E-state index is 5.36. The summed E-state index contributed by atoms with van der Waals surface area (Å²) in [5, 5.41) is 0. The molecular formula is C12H24O4. The monoisotopic (exact) mass is 232 g/mol. The average molecular weight is 232 g/mol. The Bertz CT molecular complexity index is 139. The molecular weight excluding hydrogens is 208 g/mol. The van der Waals surface area contributed by atoms with E-state index in [0.717, 1.165) is 32.7 Å². The van der Waals surface area contributed by atoms with E-state index < -0.39 is 0 Å². The second-order valence-corrected chi connectivity index (χ2v) is 3.17. The van der Waals surface area contributed by atoms with Crippen LogP contribution in [0.2, 0.25) is 0 Å². The van der Waals surface area contributed by atoms with E-state index in [1.165, 1.54) is 6.26 Å². The molecule has 96 valence electrons. The van der Waals surface area contributed by atoms with E-state index in [9.17, 15) is 0 Å². The largest absolute Gasteiger partial charge is 0.502 e. The zero-order valence-electron chi connectivity index (χ0n) is 10.3. The first-order valence-corrected chi connectivity index (χ1v) is 5.87. The summed E-state index contributed by atoms with van der Waals surface area (Å²) < 4.78 is 20.8. The molecule has 0 saturated carbocycles. The van der Waals surface area contributed by atoms with Crippen molar-refractivity contribution in [2.45, 2.75) is 19.8 Å². The molecule has 0 aromatic carbocycles. The molecule has 0 fully saturated rings. The summed E-state index contributed by atoms with van der Waals surface area (Å²) in [6, 6.07) is 0. The summed E-state index contributed by atoms with van der Waals surface area (Å²) in [4.78, 5) is 0. The van der Waals surface area contributed by atoms with Crippen molar-refractivity contribution in [3.63, 3.8) is 0 Å². The number of rotatable bonds is 13. The molecule has 0 rings (SSSR count). The number of hydrogen-bond acceptors (Lipinski definition) is 4. The van der Waals surface area contributed by atoms with Crippen molar-refractivity contribution in [2.24, 2.45) is 0 Å². The Hall–Kier alpha value is -0.580. The van der Waals surface area contributed by atoms with Gasteiger partial charge in [0.25, 0.3) is 0 Å². The molecule has 0 saturated heterocycles. The van der Waals surface area contributed by atoms with Crippen molar-refractivity contribution in [3.8, 4) is 0 Å². The van der Waals surface area contributed by atoms with Crippen LogP contribution in [-0.2, 0) is 18.9 Å².